The van der Waals surface area contributed by atoms with Crippen molar-refractivity contribution in [3.8, 4) is 0 Å². The first-order valence-corrected chi connectivity index (χ1v) is 10.9. The Hall–Kier alpha value is 3.25. The summed E-state index contributed by atoms with van der Waals surface area (Å²) >= 11 is 0. The van der Waals surface area contributed by atoms with Gasteiger partial charge in [0.1, 0.15) is 0 Å². The van der Waals surface area contributed by atoms with E-state index in [0.717, 1.165) is 6.26 Å². The average Bonchev–Trinajstić information content (AvgIpc) is 2.26. The number of hydrogen-bond donors (Lipinski definition) is 0. The molecule has 26 heavy (non-hydrogen) atoms. The number of ether oxygens (including phenoxy) is 1. The van der Waals surface area contributed by atoms with Crippen molar-refractivity contribution >= 4 is 17.8 Å². The summed E-state index contributed by atoms with van der Waals surface area (Å²) in [5.41, 5.74) is -0.993. The topological polar surface area (TPSA) is 119 Å². The maximum atomic E-state index is 12.0. The van der Waals surface area contributed by atoms with E-state index in [1.54, 1.807) is 27.7 Å². The molecular weight excluding hydrogens is 435 g/mol. The molecule has 0 aliphatic rings. The third kappa shape index (κ3) is 15.1. The maximum Gasteiger partial charge on any atom is 1.00 e. The molecule has 0 aliphatic heterocycles. The van der Waals surface area contributed by atoms with Crippen molar-refractivity contribution < 1.29 is 135 Å². The monoisotopic (exact) mass is 465 g/mol. The van der Waals surface area contributed by atoms with E-state index < -0.39 is 36.1 Å². The third-order valence-corrected chi connectivity index (χ3v) is 5.52. The van der Waals surface area contributed by atoms with Crippen LogP contribution >= 0.6 is 7.82 Å². The second kappa shape index (κ2) is 13.0. The molecule has 0 aromatic carbocycles. The van der Waals surface area contributed by atoms with Gasteiger partial charge in [0.15, 0.2) is 0 Å². The summed E-state index contributed by atoms with van der Waals surface area (Å²) in [4.78, 5) is 21.5. The van der Waals surface area contributed by atoms with Gasteiger partial charge in [-0.05, 0) is 33.1 Å². The van der Waals surface area contributed by atoms with E-state index in [9.17, 15) is 22.8 Å². The zero-order valence-electron chi connectivity index (χ0n) is 17.7. The Morgan fingerprint density at radius 1 is 1.08 bits per heavy atom. The molecule has 0 spiro atoms. The normalized spacial score (nSPS) is 15.8. The first-order chi connectivity index (χ1) is 10.3. The summed E-state index contributed by atoms with van der Waals surface area (Å²) in [5.74, 6) is 0. The molecule has 2 atom stereocenters. The van der Waals surface area contributed by atoms with Gasteiger partial charge in [-0.3, -0.25) is 0 Å². The van der Waals surface area contributed by atoms with Gasteiger partial charge in [0.25, 0.3) is 0 Å². The Morgan fingerprint density at radius 2 is 1.50 bits per heavy atom. The number of hydrogen-bond acceptors (Lipinski definition) is 7. The molecule has 0 aliphatic carbocycles. The van der Waals surface area contributed by atoms with Crippen LogP contribution in [0.15, 0.2) is 0 Å². The summed E-state index contributed by atoms with van der Waals surface area (Å²) < 4.78 is 46.2. The van der Waals surface area contributed by atoms with E-state index in [-0.39, 0.29) is 121 Å². The van der Waals surface area contributed by atoms with E-state index in [1.807, 2.05) is 20.8 Å². The molecule has 0 aromatic rings. The molecule has 0 heterocycles. The number of phosphoric acid groups is 1. The Bertz CT molecular complexity index is 555. The minimum atomic E-state index is -5.18. The van der Waals surface area contributed by atoms with Crippen LogP contribution in [0.2, 0.25) is 0 Å². The fourth-order valence-electron chi connectivity index (χ4n) is 1.89. The summed E-state index contributed by atoms with van der Waals surface area (Å²) in [6, 6.07) is 0. The fourth-order valence-corrected chi connectivity index (χ4v) is 3.67. The van der Waals surface area contributed by atoms with Gasteiger partial charge >= 0.3 is 103 Å². The summed E-state index contributed by atoms with van der Waals surface area (Å²) in [5, 5.41) is 0. The predicted molar refractivity (Wildman–Crippen MR) is 88.7 cm³/mol. The molecule has 0 saturated carbocycles. The standard InChI is InChI=1S/C14H32NO7PS.2K/c1-11(13(2,3)4)22-12(10-21-23(16,17)18)9-15(14(5,6)7)24(8,19)20;;/h11-12H,9-10H2,1-8H3,(H2,16,17,18);;/q;2*+1/p-2/t11-,12-;;/m0../s1. The van der Waals surface area contributed by atoms with Crippen LogP contribution in [0.5, 0.6) is 0 Å². The average molecular weight is 466 g/mol. The van der Waals surface area contributed by atoms with Crippen LogP contribution in [0.1, 0.15) is 48.5 Å². The van der Waals surface area contributed by atoms with Crippen LogP contribution in [0.25, 0.3) is 0 Å². The van der Waals surface area contributed by atoms with E-state index in [4.69, 9.17) is 4.74 Å². The first kappa shape index (κ1) is 33.9. The molecule has 0 aromatic heterocycles. The molecule has 146 valence electrons. The van der Waals surface area contributed by atoms with Gasteiger partial charge in [0.2, 0.25) is 10.0 Å². The molecule has 8 nitrogen and oxygen atoms in total. The van der Waals surface area contributed by atoms with Gasteiger partial charge in [0.05, 0.1) is 32.9 Å². The van der Waals surface area contributed by atoms with E-state index in [0.29, 0.717) is 0 Å². The zero-order valence-corrected chi connectivity index (χ0v) is 25.7. The smallest absolute Gasteiger partial charge is 0.790 e. The van der Waals surface area contributed by atoms with Crippen molar-refractivity contribution in [1.82, 2.24) is 4.31 Å². The second-order valence-electron chi connectivity index (χ2n) is 7.97. The molecule has 0 bridgehead atoms. The molecule has 0 radical (unpaired) electrons. The van der Waals surface area contributed by atoms with Gasteiger partial charge in [-0.1, -0.05) is 20.8 Å². The quantitative estimate of drug-likeness (QED) is 0.259. The molecule has 0 amide bonds. The van der Waals surface area contributed by atoms with Crippen LogP contribution in [0.3, 0.4) is 0 Å². The Morgan fingerprint density at radius 3 is 1.77 bits per heavy atom. The van der Waals surface area contributed by atoms with Crippen molar-refractivity contribution in [2.24, 2.45) is 5.41 Å². The molecule has 12 heteroatoms. The number of sulfonamides is 1. The largest absolute Gasteiger partial charge is 1.00 e. The van der Waals surface area contributed by atoms with Gasteiger partial charge in [0, 0.05) is 12.1 Å². The fraction of sp³-hybridized carbons (Fsp3) is 1.00. The minimum Gasteiger partial charge on any atom is -0.790 e. The Labute approximate surface area is 243 Å². The van der Waals surface area contributed by atoms with Crippen LogP contribution < -0.4 is 113 Å². The van der Waals surface area contributed by atoms with Gasteiger partial charge in [-0.2, -0.15) is 4.31 Å². The number of phosphoric ester groups is 1. The predicted octanol–water partition coefficient (Wildman–Crippen LogP) is -5.28. The van der Waals surface area contributed by atoms with Crippen molar-refractivity contribution in [3.05, 3.63) is 0 Å². The second-order valence-corrected chi connectivity index (χ2v) is 11.0. The van der Waals surface area contributed by atoms with Gasteiger partial charge in [-0.25, -0.2) is 8.42 Å². The Kier molecular flexibility index (Phi) is 16.9. The molecule has 0 rings (SSSR count). The maximum absolute atomic E-state index is 12.0. The molecule has 0 saturated heterocycles. The number of rotatable bonds is 8. The van der Waals surface area contributed by atoms with E-state index in [1.165, 1.54) is 4.31 Å². The third-order valence-electron chi connectivity index (χ3n) is 3.55. The van der Waals surface area contributed by atoms with Crippen molar-refractivity contribution in [1.29, 1.82) is 0 Å². The van der Waals surface area contributed by atoms with Crippen molar-refractivity contribution in [3.63, 3.8) is 0 Å². The summed E-state index contributed by atoms with van der Waals surface area (Å²) in [6.45, 7) is 12.1. The first-order valence-electron chi connectivity index (χ1n) is 7.64. The van der Waals surface area contributed by atoms with Crippen LogP contribution in [-0.2, 0) is 23.8 Å². The van der Waals surface area contributed by atoms with Crippen molar-refractivity contribution in [2.45, 2.75) is 66.2 Å². The SMILES string of the molecule is C[C@H](O[C@H](COP(=O)([O-])[O-])CN(C(C)(C)C)S(C)(=O)=O)C(C)(C)C.[K+].[K+]. The summed E-state index contributed by atoms with van der Waals surface area (Å²) in [6.07, 6.45) is -0.148. The van der Waals surface area contributed by atoms with Gasteiger partial charge in [-0.15, -0.1) is 0 Å². The molecule has 0 fully saturated rings. The molecule has 0 unspecified atom stereocenters. The van der Waals surface area contributed by atoms with Crippen LogP contribution in [-0.4, -0.2) is 49.9 Å². The minimum absolute atomic E-state index is 0. The zero-order chi connectivity index (χ0) is 19.6. The summed E-state index contributed by atoms with van der Waals surface area (Å²) in [7, 11) is -8.75. The van der Waals surface area contributed by atoms with Gasteiger partial charge < -0.3 is 23.6 Å². The van der Waals surface area contributed by atoms with Crippen LogP contribution in [0, 0.1) is 5.41 Å². The van der Waals surface area contributed by atoms with E-state index in [2.05, 4.69) is 4.52 Å². The molecule has 0 N–H and O–H groups in total. The van der Waals surface area contributed by atoms with Crippen molar-refractivity contribution in [2.75, 3.05) is 19.4 Å². The Balaban J connectivity index is -0.00000264. The van der Waals surface area contributed by atoms with E-state index >= 15 is 0 Å². The van der Waals surface area contributed by atoms with Crippen LogP contribution in [0.4, 0.5) is 0 Å². The number of nitrogens with zero attached hydrogens (tertiary/aromatic N) is 1. The molecular formula is C14H30K2NO7PS.